The zero-order valence-corrected chi connectivity index (χ0v) is 16.0. The predicted octanol–water partition coefficient (Wildman–Crippen LogP) is 4.64. The first kappa shape index (κ1) is 18.1. The van der Waals surface area contributed by atoms with Crippen LogP contribution in [0.1, 0.15) is 15.9 Å². The number of amides is 1. The van der Waals surface area contributed by atoms with Crippen LogP contribution in [0.5, 0.6) is 0 Å². The first-order valence-electron chi connectivity index (χ1n) is 9.58. The summed E-state index contributed by atoms with van der Waals surface area (Å²) in [6.07, 6.45) is 0. The van der Waals surface area contributed by atoms with Crippen LogP contribution in [0.2, 0.25) is 0 Å². The number of rotatable bonds is 3. The van der Waals surface area contributed by atoms with Gasteiger partial charge >= 0.3 is 0 Å². The lowest BCUT2D eigenvalue weighted by atomic mass is 9.77. The third-order valence-electron chi connectivity index (χ3n) is 5.86. The Morgan fingerprint density at radius 2 is 1.79 bits per heavy atom. The van der Waals surface area contributed by atoms with Gasteiger partial charge in [-0.25, -0.2) is 8.78 Å². The Morgan fingerprint density at radius 1 is 1.03 bits per heavy atom. The maximum Gasteiger partial charge on any atom is 0.254 e. The maximum atomic E-state index is 14.1. The second-order valence-electron chi connectivity index (χ2n) is 8.04. The molecule has 148 valence electrons. The van der Waals surface area contributed by atoms with Gasteiger partial charge in [0.15, 0.2) is 11.6 Å². The summed E-state index contributed by atoms with van der Waals surface area (Å²) in [7, 11) is 0. The van der Waals surface area contributed by atoms with E-state index in [9.17, 15) is 13.6 Å². The molecule has 0 bridgehead atoms. The standard InChI is InChI=1S/C23H20F2N2O2/c1-14-4-2-5-15-18(26-19-7-3-6-17(24)21(19)25)9-8-16(20(14)15)22(28)27-10-23(11-27)12-29-13-23/h2-9,26H,10-13H2,1H3. The first-order valence-corrected chi connectivity index (χ1v) is 9.58. The number of carbonyl (C=O) groups excluding carboxylic acids is 1. The van der Waals surface area contributed by atoms with Crippen LogP contribution in [-0.2, 0) is 4.74 Å². The quantitative estimate of drug-likeness (QED) is 0.704. The van der Waals surface area contributed by atoms with Crippen molar-refractivity contribution in [3.8, 4) is 0 Å². The Balaban J connectivity index is 1.53. The smallest absolute Gasteiger partial charge is 0.254 e. The Bertz CT molecular complexity index is 1130. The molecule has 0 atom stereocenters. The molecule has 5 rings (SSSR count). The van der Waals surface area contributed by atoms with Crippen LogP contribution in [0.25, 0.3) is 10.8 Å². The van der Waals surface area contributed by atoms with E-state index in [2.05, 4.69) is 5.32 Å². The minimum atomic E-state index is -0.929. The third kappa shape index (κ3) is 2.86. The molecule has 2 fully saturated rings. The van der Waals surface area contributed by atoms with Gasteiger partial charge in [-0.05, 0) is 42.1 Å². The number of likely N-dealkylation sites (tertiary alicyclic amines) is 1. The number of ether oxygens (including phenoxy) is 1. The van der Waals surface area contributed by atoms with Crippen molar-refractivity contribution in [3.63, 3.8) is 0 Å². The molecule has 1 amide bonds. The van der Waals surface area contributed by atoms with Gasteiger partial charge in [0.1, 0.15) is 0 Å². The number of halogens is 2. The molecule has 6 heteroatoms. The lowest BCUT2D eigenvalue weighted by Gasteiger charge is -2.55. The van der Waals surface area contributed by atoms with E-state index >= 15 is 0 Å². The second-order valence-corrected chi connectivity index (χ2v) is 8.04. The Hall–Kier alpha value is -2.99. The Kier molecular flexibility index (Phi) is 4.06. The number of nitrogens with one attached hydrogen (secondary N) is 1. The van der Waals surface area contributed by atoms with Crippen molar-refractivity contribution in [1.29, 1.82) is 0 Å². The fourth-order valence-electron chi connectivity index (χ4n) is 4.27. The van der Waals surface area contributed by atoms with E-state index in [-0.39, 0.29) is 17.0 Å². The van der Waals surface area contributed by atoms with Crippen molar-refractivity contribution in [1.82, 2.24) is 4.90 Å². The highest BCUT2D eigenvalue weighted by Gasteiger charge is 2.50. The molecule has 3 aromatic rings. The summed E-state index contributed by atoms with van der Waals surface area (Å²) in [5, 5.41) is 4.60. The van der Waals surface area contributed by atoms with Gasteiger partial charge in [-0.2, -0.15) is 0 Å². The van der Waals surface area contributed by atoms with E-state index in [1.807, 2.05) is 30.0 Å². The number of benzene rings is 3. The summed E-state index contributed by atoms with van der Waals surface area (Å²) in [5.41, 5.74) is 2.41. The topological polar surface area (TPSA) is 41.6 Å². The Morgan fingerprint density at radius 3 is 2.52 bits per heavy atom. The predicted molar refractivity (Wildman–Crippen MR) is 107 cm³/mol. The van der Waals surface area contributed by atoms with Gasteiger partial charge in [-0.15, -0.1) is 0 Å². The number of hydrogen-bond acceptors (Lipinski definition) is 3. The molecule has 4 nitrogen and oxygen atoms in total. The molecule has 3 aromatic carbocycles. The minimum absolute atomic E-state index is 0.00897. The van der Waals surface area contributed by atoms with Gasteiger partial charge in [-0.3, -0.25) is 4.79 Å². The molecule has 0 aromatic heterocycles. The summed E-state index contributed by atoms with van der Waals surface area (Å²) in [6, 6.07) is 13.3. The molecule has 2 saturated heterocycles. The molecule has 2 aliphatic heterocycles. The number of fused-ring (bicyclic) bond motifs is 1. The van der Waals surface area contributed by atoms with Crippen LogP contribution in [0, 0.1) is 24.0 Å². The van der Waals surface area contributed by atoms with Crippen LogP contribution >= 0.6 is 0 Å². The van der Waals surface area contributed by atoms with Gasteiger partial charge in [-0.1, -0.05) is 24.3 Å². The SMILES string of the molecule is Cc1cccc2c(Nc3cccc(F)c3F)ccc(C(=O)N3CC4(COC4)C3)c12. The van der Waals surface area contributed by atoms with Crippen LogP contribution in [-0.4, -0.2) is 37.1 Å². The molecule has 2 aliphatic rings. The fraction of sp³-hybridized carbons (Fsp3) is 0.261. The zero-order valence-electron chi connectivity index (χ0n) is 16.0. The number of hydrogen-bond donors (Lipinski definition) is 1. The minimum Gasteiger partial charge on any atom is -0.380 e. The van der Waals surface area contributed by atoms with Crippen molar-refractivity contribution in [2.75, 3.05) is 31.6 Å². The molecule has 0 radical (unpaired) electrons. The molecule has 0 unspecified atom stereocenters. The highest BCUT2D eigenvalue weighted by molar-refractivity contribution is 6.12. The van der Waals surface area contributed by atoms with E-state index in [0.717, 1.165) is 35.6 Å². The lowest BCUT2D eigenvalue weighted by molar-refractivity contribution is -0.176. The van der Waals surface area contributed by atoms with Crippen LogP contribution in [0.3, 0.4) is 0 Å². The molecule has 1 spiro atoms. The molecule has 0 saturated carbocycles. The summed E-state index contributed by atoms with van der Waals surface area (Å²) in [6.45, 7) is 4.82. The fourth-order valence-corrected chi connectivity index (χ4v) is 4.27. The van der Waals surface area contributed by atoms with Crippen molar-refractivity contribution in [3.05, 3.63) is 71.3 Å². The van der Waals surface area contributed by atoms with Crippen LogP contribution in [0.15, 0.2) is 48.5 Å². The van der Waals surface area contributed by atoms with Crippen LogP contribution < -0.4 is 5.32 Å². The highest BCUT2D eigenvalue weighted by atomic mass is 19.2. The molecule has 0 aliphatic carbocycles. The zero-order chi connectivity index (χ0) is 20.2. The van der Waals surface area contributed by atoms with Crippen LogP contribution in [0.4, 0.5) is 20.2 Å². The van der Waals surface area contributed by atoms with E-state index < -0.39 is 11.6 Å². The van der Waals surface area contributed by atoms with Gasteiger partial charge in [0.05, 0.1) is 24.3 Å². The third-order valence-corrected chi connectivity index (χ3v) is 5.86. The van der Waals surface area contributed by atoms with E-state index in [4.69, 9.17) is 4.74 Å². The summed E-state index contributed by atoms with van der Waals surface area (Å²) in [4.78, 5) is 15.0. The normalized spacial score (nSPS) is 17.1. The summed E-state index contributed by atoms with van der Waals surface area (Å²) < 4.78 is 33.0. The lowest BCUT2D eigenvalue weighted by Crippen LogP contribution is -2.67. The maximum absolute atomic E-state index is 14.1. The van der Waals surface area contributed by atoms with Gasteiger partial charge in [0, 0.05) is 29.7 Å². The number of aryl methyl sites for hydroxylation is 1. The number of anilines is 2. The monoisotopic (exact) mass is 394 g/mol. The van der Waals surface area contributed by atoms with Crippen molar-refractivity contribution < 1.29 is 18.3 Å². The van der Waals surface area contributed by atoms with Gasteiger partial charge in [0.2, 0.25) is 0 Å². The molecular formula is C23H20F2N2O2. The van der Waals surface area contributed by atoms with E-state index in [1.165, 1.54) is 12.1 Å². The molecule has 2 heterocycles. The molecule has 1 N–H and O–H groups in total. The molecular weight excluding hydrogens is 374 g/mol. The van der Waals surface area contributed by atoms with Gasteiger partial charge in [0.25, 0.3) is 5.91 Å². The number of carbonyl (C=O) groups is 1. The van der Waals surface area contributed by atoms with Gasteiger partial charge < -0.3 is 15.0 Å². The second kappa shape index (κ2) is 6.52. The largest absolute Gasteiger partial charge is 0.380 e. The average molecular weight is 394 g/mol. The van der Waals surface area contributed by atoms with Crippen molar-refractivity contribution >= 4 is 28.1 Å². The first-order chi connectivity index (χ1) is 14.0. The van der Waals surface area contributed by atoms with Crippen molar-refractivity contribution in [2.45, 2.75) is 6.92 Å². The average Bonchev–Trinajstić information content (AvgIpc) is 2.63. The van der Waals surface area contributed by atoms with E-state index in [1.54, 1.807) is 12.1 Å². The summed E-state index contributed by atoms with van der Waals surface area (Å²) in [5.74, 6) is -1.85. The summed E-state index contributed by atoms with van der Waals surface area (Å²) >= 11 is 0. The van der Waals surface area contributed by atoms with E-state index in [0.29, 0.717) is 24.3 Å². The van der Waals surface area contributed by atoms with Crippen molar-refractivity contribution in [2.24, 2.45) is 5.41 Å². The molecule has 29 heavy (non-hydrogen) atoms. The Labute approximate surface area is 167 Å². The number of nitrogens with zero attached hydrogens (tertiary/aromatic N) is 1. The highest BCUT2D eigenvalue weighted by Crippen LogP contribution is 2.40.